The van der Waals surface area contributed by atoms with Crippen molar-refractivity contribution >= 4 is 25.5 Å². The van der Waals surface area contributed by atoms with E-state index in [1.54, 1.807) is 19.1 Å². The molecule has 0 aliphatic heterocycles. The van der Waals surface area contributed by atoms with Gasteiger partial charge in [0.2, 0.25) is 0 Å². The number of anilines is 1. The Morgan fingerprint density at radius 2 is 1.34 bits per heavy atom. The summed E-state index contributed by atoms with van der Waals surface area (Å²) in [6.45, 7) is 9.65. The van der Waals surface area contributed by atoms with Crippen LogP contribution in [0.15, 0.2) is 58.3 Å². The lowest BCUT2D eigenvalue weighted by Crippen LogP contribution is -2.25. The highest BCUT2D eigenvalue weighted by atomic mass is 32.2. The van der Waals surface area contributed by atoms with Gasteiger partial charge in [0.05, 0.1) is 20.7 Å². The molecule has 2 aromatic carbocycles. The normalized spacial score (nSPS) is 15.5. The second-order valence-electron chi connectivity index (χ2n) is 7.61. The maximum Gasteiger partial charge on any atom is 0.261 e. The van der Waals surface area contributed by atoms with E-state index in [0.717, 1.165) is 18.4 Å². The Bertz CT molecular complexity index is 1030. The first-order valence-electron chi connectivity index (χ1n) is 10.00. The Kier molecular flexibility index (Phi) is 7.51. The van der Waals surface area contributed by atoms with Gasteiger partial charge in [0.15, 0.2) is 9.84 Å². The Hall–Kier alpha value is -1.86. The fraction of sp³-hybridized carbons (Fsp3) is 0.455. The largest absolute Gasteiger partial charge is 0.279 e. The van der Waals surface area contributed by atoms with Crippen LogP contribution in [-0.2, 0) is 19.9 Å². The molecule has 0 amide bonds. The van der Waals surface area contributed by atoms with Gasteiger partial charge in [0, 0.05) is 0 Å². The maximum absolute atomic E-state index is 12.9. The number of hydrogen-bond donors (Lipinski definition) is 1. The van der Waals surface area contributed by atoms with Crippen LogP contribution in [-0.4, -0.2) is 22.1 Å². The molecule has 2 rings (SSSR count). The standard InChI is InChI=1S/C22H31NO4S2/c1-6-16(3)18(5)28(24,25)19-12-14-20(15-13-19)29(26,27)23-22-11-9-8-10-21(22)17(4)7-2/h8-18,23H,6-7H2,1-5H3. The molecular formula is C22H31NO4S2. The molecule has 160 valence electrons. The molecule has 0 aromatic heterocycles. The third-order valence-electron chi connectivity index (χ3n) is 5.75. The van der Waals surface area contributed by atoms with E-state index in [9.17, 15) is 16.8 Å². The van der Waals surface area contributed by atoms with Crippen LogP contribution in [0.3, 0.4) is 0 Å². The summed E-state index contributed by atoms with van der Waals surface area (Å²) in [7, 11) is -7.33. The summed E-state index contributed by atoms with van der Waals surface area (Å²) in [5.74, 6) is 0.227. The summed E-state index contributed by atoms with van der Waals surface area (Å²) >= 11 is 0. The van der Waals surface area contributed by atoms with Crippen molar-refractivity contribution in [1.82, 2.24) is 0 Å². The Morgan fingerprint density at radius 3 is 1.90 bits per heavy atom. The molecule has 0 heterocycles. The Balaban J connectivity index is 2.32. The molecule has 0 aliphatic carbocycles. The lowest BCUT2D eigenvalue weighted by molar-refractivity contribution is 0.509. The third kappa shape index (κ3) is 5.20. The smallest absolute Gasteiger partial charge is 0.261 e. The summed E-state index contributed by atoms with van der Waals surface area (Å²) in [5.41, 5.74) is 1.48. The zero-order valence-electron chi connectivity index (χ0n) is 17.7. The number of sulfone groups is 1. The van der Waals surface area contributed by atoms with Crippen molar-refractivity contribution in [2.45, 2.75) is 68.4 Å². The van der Waals surface area contributed by atoms with Gasteiger partial charge in [-0.25, -0.2) is 16.8 Å². The lowest BCUT2D eigenvalue weighted by Gasteiger charge is -2.19. The monoisotopic (exact) mass is 437 g/mol. The molecule has 0 spiro atoms. The fourth-order valence-electron chi connectivity index (χ4n) is 3.10. The fourth-order valence-corrected chi connectivity index (χ4v) is 5.94. The lowest BCUT2D eigenvalue weighted by atomic mass is 9.97. The minimum absolute atomic E-state index is 0.0159. The first kappa shape index (κ1) is 23.4. The number of para-hydroxylation sites is 1. The van der Waals surface area contributed by atoms with E-state index in [1.807, 2.05) is 32.9 Å². The van der Waals surface area contributed by atoms with Crippen LogP contribution in [0, 0.1) is 5.92 Å². The Labute approximate surface area is 175 Å². The van der Waals surface area contributed by atoms with Gasteiger partial charge in [-0.3, -0.25) is 4.72 Å². The van der Waals surface area contributed by atoms with Gasteiger partial charge >= 0.3 is 0 Å². The first-order chi connectivity index (χ1) is 13.5. The van der Waals surface area contributed by atoms with Crippen LogP contribution in [0.1, 0.15) is 58.9 Å². The predicted octanol–water partition coefficient (Wildman–Crippen LogP) is 5.21. The molecule has 1 N–H and O–H groups in total. The highest BCUT2D eigenvalue weighted by molar-refractivity contribution is 7.93. The number of rotatable bonds is 9. The van der Waals surface area contributed by atoms with E-state index in [0.29, 0.717) is 5.69 Å². The molecule has 0 saturated carbocycles. The quantitative estimate of drug-likeness (QED) is 0.584. The zero-order chi connectivity index (χ0) is 21.8. The van der Waals surface area contributed by atoms with Gasteiger partial charge in [0.1, 0.15) is 0 Å². The van der Waals surface area contributed by atoms with E-state index in [2.05, 4.69) is 11.6 Å². The molecule has 3 unspecified atom stereocenters. The molecule has 5 nitrogen and oxygen atoms in total. The number of benzene rings is 2. The van der Waals surface area contributed by atoms with Crippen LogP contribution in [0.4, 0.5) is 5.69 Å². The summed E-state index contributed by atoms with van der Waals surface area (Å²) in [6, 6.07) is 12.8. The van der Waals surface area contributed by atoms with Crippen molar-refractivity contribution in [3.05, 3.63) is 54.1 Å². The Morgan fingerprint density at radius 1 is 0.793 bits per heavy atom. The van der Waals surface area contributed by atoms with Gasteiger partial charge in [-0.2, -0.15) is 0 Å². The van der Waals surface area contributed by atoms with E-state index in [4.69, 9.17) is 0 Å². The van der Waals surface area contributed by atoms with Crippen molar-refractivity contribution in [3.63, 3.8) is 0 Å². The van der Waals surface area contributed by atoms with Crippen molar-refractivity contribution in [2.24, 2.45) is 5.92 Å². The minimum atomic E-state index is -3.83. The highest BCUT2D eigenvalue weighted by Crippen LogP contribution is 2.29. The highest BCUT2D eigenvalue weighted by Gasteiger charge is 2.28. The molecule has 0 radical (unpaired) electrons. The second kappa shape index (κ2) is 9.30. The van der Waals surface area contributed by atoms with Gasteiger partial charge < -0.3 is 0 Å². The number of hydrogen-bond acceptors (Lipinski definition) is 4. The van der Waals surface area contributed by atoms with Crippen molar-refractivity contribution < 1.29 is 16.8 Å². The molecule has 0 aliphatic rings. The number of nitrogens with one attached hydrogen (secondary N) is 1. The SMILES string of the molecule is CCC(C)c1ccccc1NS(=O)(=O)c1ccc(S(=O)(=O)C(C)C(C)CC)cc1. The van der Waals surface area contributed by atoms with Crippen molar-refractivity contribution in [1.29, 1.82) is 0 Å². The maximum atomic E-state index is 12.9. The third-order valence-corrected chi connectivity index (χ3v) is 9.50. The minimum Gasteiger partial charge on any atom is -0.279 e. The molecule has 0 fully saturated rings. The van der Waals surface area contributed by atoms with Crippen LogP contribution in [0.5, 0.6) is 0 Å². The summed E-state index contributed by atoms with van der Waals surface area (Å²) in [5, 5.41) is -0.532. The topological polar surface area (TPSA) is 80.3 Å². The van der Waals surface area contributed by atoms with Crippen molar-refractivity contribution in [3.8, 4) is 0 Å². The number of sulfonamides is 1. The molecule has 29 heavy (non-hydrogen) atoms. The molecule has 0 bridgehead atoms. The second-order valence-corrected chi connectivity index (χ2v) is 11.6. The summed E-state index contributed by atoms with van der Waals surface area (Å²) < 4.78 is 53.9. The van der Waals surface area contributed by atoms with E-state index in [-0.39, 0.29) is 21.6 Å². The van der Waals surface area contributed by atoms with E-state index < -0.39 is 25.1 Å². The van der Waals surface area contributed by atoms with Gasteiger partial charge in [0.25, 0.3) is 10.0 Å². The summed E-state index contributed by atoms with van der Waals surface area (Å²) in [4.78, 5) is 0.177. The van der Waals surface area contributed by atoms with Crippen LogP contribution < -0.4 is 4.72 Å². The van der Waals surface area contributed by atoms with Crippen molar-refractivity contribution in [2.75, 3.05) is 4.72 Å². The summed E-state index contributed by atoms with van der Waals surface area (Å²) in [6.07, 6.45) is 1.64. The van der Waals surface area contributed by atoms with Gasteiger partial charge in [-0.15, -0.1) is 0 Å². The van der Waals surface area contributed by atoms with Gasteiger partial charge in [-0.1, -0.05) is 52.3 Å². The predicted molar refractivity (Wildman–Crippen MR) is 119 cm³/mol. The van der Waals surface area contributed by atoms with E-state index >= 15 is 0 Å². The average Bonchev–Trinajstić information content (AvgIpc) is 2.72. The molecule has 3 atom stereocenters. The molecule has 7 heteroatoms. The average molecular weight is 438 g/mol. The van der Waals surface area contributed by atoms with Gasteiger partial charge in [-0.05, 0) is 61.1 Å². The molecule has 0 saturated heterocycles. The molecule has 2 aromatic rings. The van der Waals surface area contributed by atoms with Crippen LogP contribution >= 0.6 is 0 Å². The first-order valence-corrected chi connectivity index (χ1v) is 13.0. The molecular weight excluding hydrogens is 406 g/mol. The zero-order valence-corrected chi connectivity index (χ0v) is 19.3. The van der Waals surface area contributed by atoms with Crippen LogP contribution in [0.2, 0.25) is 0 Å². The van der Waals surface area contributed by atoms with Crippen LogP contribution in [0.25, 0.3) is 0 Å². The van der Waals surface area contributed by atoms with E-state index in [1.165, 1.54) is 24.3 Å².